The predicted molar refractivity (Wildman–Crippen MR) is 243 cm³/mol. The van der Waals surface area contributed by atoms with Gasteiger partial charge in [0, 0.05) is 37.9 Å². The van der Waals surface area contributed by atoms with Gasteiger partial charge in [0.05, 0.1) is 13.7 Å². The van der Waals surface area contributed by atoms with Crippen molar-refractivity contribution in [1.29, 1.82) is 0 Å². The minimum Gasteiger partial charge on any atom is -0.500 e. The van der Waals surface area contributed by atoms with Gasteiger partial charge in [-0.25, -0.2) is 0 Å². The van der Waals surface area contributed by atoms with E-state index in [9.17, 15) is 0 Å². The minimum atomic E-state index is -1.36. The number of aromatic nitrogens is 2. The number of fused-ring (bicyclic) bond motifs is 3. The maximum atomic E-state index is 6.12. The van der Waals surface area contributed by atoms with Crippen LogP contribution in [0.25, 0.3) is 66.7 Å². The smallest absolute Gasteiger partial charge is 0.121 e. The Balaban J connectivity index is 0.000000187. The zero-order valence-electron chi connectivity index (χ0n) is 34.3. The second kappa shape index (κ2) is 18.3. The predicted octanol–water partition coefficient (Wildman–Crippen LogP) is 14.1. The van der Waals surface area contributed by atoms with Crippen molar-refractivity contribution in [3.8, 4) is 44.8 Å². The van der Waals surface area contributed by atoms with E-state index in [1.807, 2.05) is 30.5 Å². The maximum Gasteiger partial charge on any atom is 0.121 e. The molecule has 1 fully saturated rings. The van der Waals surface area contributed by atoms with Crippen LogP contribution in [0.4, 0.5) is 0 Å². The molecule has 0 amide bonds. The van der Waals surface area contributed by atoms with E-state index in [2.05, 4.69) is 160 Å². The Hall–Kier alpha value is -4.93. The molecule has 1 aliphatic rings. The van der Waals surface area contributed by atoms with Crippen molar-refractivity contribution in [3.63, 3.8) is 0 Å². The summed E-state index contributed by atoms with van der Waals surface area (Å²) in [5.41, 5.74) is 13.5. The largest absolute Gasteiger partial charge is 0.500 e. The number of hydrogen-bond acceptors (Lipinski definition) is 3. The summed E-state index contributed by atoms with van der Waals surface area (Å²) in [4.78, 5) is 9.37. The fourth-order valence-electron chi connectivity index (χ4n) is 8.23. The average Bonchev–Trinajstić information content (AvgIpc) is 3.62. The number of benzene rings is 5. The Morgan fingerprint density at radius 2 is 1.33 bits per heavy atom. The summed E-state index contributed by atoms with van der Waals surface area (Å²) >= 11 is 0. The molecule has 0 spiro atoms. The summed E-state index contributed by atoms with van der Waals surface area (Å²) in [7, 11) is -1.36. The van der Waals surface area contributed by atoms with Crippen LogP contribution < -0.4 is 5.19 Å². The molecule has 1 radical (unpaired) electrons. The van der Waals surface area contributed by atoms with Gasteiger partial charge >= 0.3 is 0 Å². The molecule has 3 heterocycles. The standard InChI is InChI=1S/C32H24NO.C21H28NSi.Ir/c1-21(2)25-16-17-33-30(20-25)27-13-15-32-29(19-27)28-18-26(12-14-31(28)34-32)24-10-8-23(9-11-24)22-6-4-3-5-7-22;1-23(2,3)21-16-22-20(18-12-8-5-9-13-18)15-19(21)14-17-10-6-4-7-11-17;/h3-12,14-21H,1-2H3;5,8-9,12,15-17H,4,6-7,10-11,14H2,1-3H3;/q2*-1;. The van der Waals surface area contributed by atoms with E-state index < -0.39 is 8.07 Å². The normalized spacial score (nSPS) is 13.3. The SMILES string of the molecule is CC(C)c1ccnc(-c2[c-]cc3oc4ccc(-c5ccc(-c6ccccc6)cc5)cc4c3c2)c1.C[Si](C)(C)c1cnc(-c2[c-]cccc2)cc1CC1CCCCC1.[Ir]. The Morgan fingerprint density at radius 1 is 0.655 bits per heavy atom. The Labute approximate surface area is 359 Å². The molecule has 3 nitrogen and oxygen atoms in total. The van der Waals surface area contributed by atoms with Gasteiger partial charge < -0.3 is 14.4 Å². The van der Waals surface area contributed by atoms with Crippen molar-refractivity contribution >= 4 is 35.2 Å². The molecule has 1 aliphatic carbocycles. The molecule has 3 aromatic heterocycles. The van der Waals surface area contributed by atoms with Gasteiger partial charge in [-0.1, -0.05) is 155 Å². The van der Waals surface area contributed by atoms with Gasteiger partial charge in [-0.15, -0.1) is 59.7 Å². The van der Waals surface area contributed by atoms with Gasteiger partial charge in [-0.3, -0.25) is 0 Å². The second-order valence-electron chi connectivity index (χ2n) is 17.0. The number of furan rings is 1. The first-order chi connectivity index (χ1) is 27.7. The van der Waals surface area contributed by atoms with Crippen molar-refractivity contribution in [1.82, 2.24) is 9.97 Å². The van der Waals surface area contributed by atoms with E-state index in [4.69, 9.17) is 9.40 Å². The van der Waals surface area contributed by atoms with E-state index >= 15 is 0 Å². The zero-order valence-corrected chi connectivity index (χ0v) is 37.7. The van der Waals surface area contributed by atoms with Gasteiger partial charge in [0.2, 0.25) is 0 Å². The zero-order chi connectivity index (χ0) is 39.4. The van der Waals surface area contributed by atoms with Crippen LogP contribution in [0.5, 0.6) is 0 Å². The first-order valence-corrected chi connectivity index (χ1v) is 24.2. The molecule has 295 valence electrons. The third-order valence-corrected chi connectivity index (χ3v) is 13.5. The number of hydrogen-bond donors (Lipinski definition) is 0. The van der Waals surface area contributed by atoms with E-state index in [-0.39, 0.29) is 20.1 Å². The fraction of sp³-hybridized carbons (Fsp3) is 0.245. The van der Waals surface area contributed by atoms with Gasteiger partial charge in [-0.2, -0.15) is 0 Å². The quantitative estimate of drug-likeness (QED) is 0.113. The van der Waals surface area contributed by atoms with Crippen molar-refractivity contribution < 1.29 is 24.5 Å². The van der Waals surface area contributed by atoms with Crippen molar-refractivity contribution in [2.45, 2.75) is 77.9 Å². The van der Waals surface area contributed by atoms with Crippen LogP contribution in [-0.2, 0) is 26.5 Å². The summed E-state index contributed by atoms with van der Waals surface area (Å²) < 4.78 is 6.12. The Kier molecular flexibility index (Phi) is 13.0. The van der Waals surface area contributed by atoms with Gasteiger partial charge in [0.15, 0.2) is 0 Å². The minimum absolute atomic E-state index is 0. The second-order valence-corrected chi connectivity index (χ2v) is 22.0. The van der Waals surface area contributed by atoms with Gasteiger partial charge in [0.25, 0.3) is 0 Å². The van der Waals surface area contributed by atoms with Crippen LogP contribution in [0, 0.1) is 18.1 Å². The third-order valence-electron chi connectivity index (χ3n) is 11.5. The van der Waals surface area contributed by atoms with Gasteiger partial charge in [0.1, 0.15) is 5.58 Å². The molecule has 1 saturated carbocycles. The summed E-state index contributed by atoms with van der Waals surface area (Å²) in [6.07, 6.45) is 12.4. The number of pyridine rings is 2. The van der Waals surface area contributed by atoms with Crippen molar-refractivity contribution in [2.75, 3.05) is 0 Å². The van der Waals surface area contributed by atoms with Crippen molar-refractivity contribution in [3.05, 3.63) is 163 Å². The molecule has 5 heteroatoms. The third kappa shape index (κ3) is 9.50. The average molecular weight is 953 g/mol. The molecule has 0 atom stereocenters. The number of rotatable bonds is 8. The van der Waals surface area contributed by atoms with Crippen molar-refractivity contribution in [2.24, 2.45) is 5.92 Å². The van der Waals surface area contributed by atoms with Crippen LogP contribution >= 0.6 is 0 Å². The molecule has 5 aromatic carbocycles. The topological polar surface area (TPSA) is 38.9 Å². The summed E-state index contributed by atoms with van der Waals surface area (Å²) in [5.74, 6) is 1.32. The molecule has 0 bridgehead atoms. The van der Waals surface area contributed by atoms with E-state index in [0.29, 0.717) is 5.92 Å². The van der Waals surface area contributed by atoms with Crippen LogP contribution in [0.2, 0.25) is 19.6 Å². The van der Waals surface area contributed by atoms with Crippen LogP contribution in [0.1, 0.15) is 63.0 Å². The van der Waals surface area contributed by atoms with E-state index in [0.717, 1.165) is 50.4 Å². The molecule has 9 rings (SSSR count). The molecule has 0 N–H and O–H groups in total. The summed E-state index contributed by atoms with van der Waals surface area (Å²) in [6, 6.07) is 51.2. The summed E-state index contributed by atoms with van der Waals surface area (Å²) in [6.45, 7) is 11.7. The molecule has 0 aliphatic heterocycles. The Morgan fingerprint density at radius 3 is 2.03 bits per heavy atom. The van der Waals surface area contributed by atoms with Crippen LogP contribution in [0.15, 0.2) is 144 Å². The number of nitrogens with zero attached hydrogens (tertiary/aromatic N) is 2. The molecule has 8 aromatic rings. The van der Waals surface area contributed by atoms with Crippen LogP contribution in [-0.4, -0.2) is 18.0 Å². The first-order valence-electron chi connectivity index (χ1n) is 20.7. The van der Waals surface area contributed by atoms with E-state index in [1.165, 1.54) is 66.3 Å². The fourth-order valence-corrected chi connectivity index (χ4v) is 9.82. The van der Waals surface area contributed by atoms with E-state index in [1.54, 1.807) is 10.8 Å². The first kappa shape index (κ1) is 41.2. The molecular weight excluding hydrogens is 901 g/mol. The monoisotopic (exact) mass is 953 g/mol. The molecule has 0 saturated heterocycles. The molecule has 0 unspecified atom stereocenters. The summed E-state index contributed by atoms with van der Waals surface area (Å²) in [5, 5.41) is 3.74. The maximum absolute atomic E-state index is 6.12. The Bertz CT molecular complexity index is 2590. The van der Waals surface area contributed by atoms with Gasteiger partial charge in [-0.05, 0) is 75.3 Å². The molecule has 58 heavy (non-hydrogen) atoms. The molecular formula is C53H52IrN2OSi-2. The van der Waals surface area contributed by atoms with Crippen LogP contribution in [0.3, 0.4) is 0 Å².